The van der Waals surface area contributed by atoms with Crippen LogP contribution in [-0.2, 0) is 0 Å². The van der Waals surface area contributed by atoms with Crippen LogP contribution in [0.25, 0.3) is 0 Å². The SMILES string of the molecule is CCC(N)(C(N)C(C)N)N1CCNCC1. The molecule has 1 aliphatic rings. The van der Waals surface area contributed by atoms with Gasteiger partial charge in [0.2, 0.25) is 0 Å². The van der Waals surface area contributed by atoms with Crippen molar-refractivity contribution >= 4 is 0 Å². The second-order valence-electron chi connectivity index (χ2n) is 4.47. The van der Waals surface area contributed by atoms with E-state index in [0.29, 0.717) is 0 Å². The van der Waals surface area contributed by atoms with Gasteiger partial charge in [0, 0.05) is 32.2 Å². The minimum Gasteiger partial charge on any atom is -0.326 e. The molecule has 3 atom stereocenters. The van der Waals surface area contributed by atoms with Gasteiger partial charge in [-0.05, 0) is 13.3 Å². The molecule has 1 rings (SSSR count). The predicted molar refractivity (Wildman–Crippen MR) is 63.3 cm³/mol. The normalized spacial score (nSPS) is 27.0. The third kappa shape index (κ3) is 2.68. The molecule has 1 saturated heterocycles. The van der Waals surface area contributed by atoms with E-state index in [0.717, 1.165) is 32.6 Å². The first kappa shape index (κ1) is 12.9. The van der Waals surface area contributed by atoms with Gasteiger partial charge in [-0.25, -0.2) is 0 Å². The highest BCUT2D eigenvalue weighted by Gasteiger charge is 2.38. The van der Waals surface area contributed by atoms with E-state index in [9.17, 15) is 0 Å². The molecule has 1 heterocycles. The van der Waals surface area contributed by atoms with E-state index < -0.39 is 5.66 Å². The van der Waals surface area contributed by atoms with Gasteiger partial charge in [-0.1, -0.05) is 6.92 Å². The van der Waals surface area contributed by atoms with E-state index in [2.05, 4.69) is 17.1 Å². The lowest BCUT2D eigenvalue weighted by molar-refractivity contribution is 0.0447. The summed E-state index contributed by atoms with van der Waals surface area (Å²) in [4.78, 5) is 2.26. The maximum Gasteiger partial charge on any atom is 0.0856 e. The quantitative estimate of drug-likeness (QED) is 0.464. The Balaban J connectivity index is 2.72. The van der Waals surface area contributed by atoms with Crippen LogP contribution in [0.2, 0.25) is 0 Å². The van der Waals surface area contributed by atoms with E-state index in [4.69, 9.17) is 17.2 Å². The lowest BCUT2D eigenvalue weighted by atomic mass is 9.91. The molecule has 0 amide bonds. The van der Waals surface area contributed by atoms with Gasteiger partial charge in [-0.15, -0.1) is 0 Å². The fraction of sp³-hybridized carbons (Fsp3) is 1.00. The number of nitrogens with one attached hydrogen (secondary N) is 1. The van der Waals surface area contributed by atoms with Crippen molar-refractivity contribution in [3.8, 4) is 0 Å². The van der Waals surface area contributed by atoms with Gasteiger partial charge >= 0.3 is 0 Å². The van der Waals surface area contributed by atoms with Crippen LogP contribution in [0.15, 0.2) is 0 Å². The van der Waals surface area contributed by atoms with Gasteiger partial charge in [0.1, 0.15) is 0 Å². The summed E-state index contributed by atoms with van der Waals surface area (Å²) in [5.41, 5.74) is 17.9. The van der Waals surface area contributed by atoms with E-state index in [-0.39, 0.29) is 12.1 Å². The number of nitrogens with two attached hydrogens (primary N) is 3. The van der Waals surface area contributed by atoms with E-state index in [1.807, 2.05) is 6.92 Å². The summed E-state index contributed by atoms with van der Waals surface area (Å²) in [6.45, 7) is 7.85. The maximum atomic E-state index is 6.41. The zero-order valence-corrected chi connectivity index (χ0v) is 9.87. The molecule has 90 valence electrons. The molecule has 0 aliphatic carbocycles. The van der Waals surface area contributed by atoms with Gasteiger partial charge in [-0.2, -0.15) is 0 Å². The summed E-state index contributed by atoms with van der Waals surface area (Å²) in [6, 6.07) is -0.259. The van der Waals surface area contributed by atoms with Crippen molar-refractivity contribution in [1.82, 2.24) is 10.2 Å². The van der Waals surface area contributed by atoms with Crippen LogP contribution < -0.4 is 22.5 Å². The molecule has 0 saturated carbocycles. The largest absolute Gasteiger partial charge is 0.326 e. The number of nitrogens with zero attached hydrogens (tertiary/aromatic N) is 1. The van der Waals surface area contributed by atoms with Crippen LogP contribution in [0.3, 0.4) is 0 Å². The first-order chi connectivity index (χ1) is 7.02. The van der Waals surface area contributed by atoms with Gasteiger partial charge in [0.05, 0.1) is 11.7 Å². The van der Waals surface area contributed by atoms with Crippen molar-refractivity contribution in [3.05, 3.63) is 0 Å². The fourth-order valence-corrected chi connectivity index (χ4v) is 2.21. The molecule has 0 aromatic rings. The molecule has 5 nitrogen and oxygen atoms in total. The lowest BCUT2D eigenvalue weighted by Gasteiger charge is -2.47. The Morgan fingerprint density at radius 3 is 2.27 bits per heavy atom. The Hall–Kier alpha value is -0.200. The summed E-state index contributed by atoms with van der Waals surface area (Å²) in [5.74, 6) is 0. The highest BCUT2D eigenvalue weighted by molar-refractivity contribution is 4.98. The van der Waals surface area contributed by atoms with Crippen LogP contribution in [0.5, 0.6) is 0 Å². The second-order valence-corrected chi connectivity index (χ2v) is 4.47. The van der Waals surface area contributed by atoms with Crippen LogP contribution >= 0.6 is 0 Å². The summed E-state index contributed by atoms with van der Waals surface area (Å²) in [7, 11) is 0. The monoisotopic (exact) mass is 215 g/mol. The molecular weight excluding hydrogens is 190 g/mol. The van der Waals surface area contributed by atoms with E-state index in [1.165, 1.54) is 0 Å². The highest BCUT2D eigenvalue weighted by atomic mass is 15.3. The van der Waals surface area contributed by atoms with Crippen molar-refractivity contribution in [2.75, 3.05) is 26.2 Å². The number of rotatable bonds is 4. The van der Waals surface area contributed by atoms with Crippen LogP contribution in [0, 0.1) is 0 Å². The average Bonchev–Trinajstić information content (AvgIpc) is 2.28. The minimum absolute atomic E-state index is 0.0789. The van der Waals surface area contributed by atoms with Crippen molar-refractivity contribution in [2.24, 2.45) is 17.2 Å². The third-order valence-corrected chi connectivity index (χ3v) is 3.42. The highest BCUT2D eigenvalue weighted by Crippen LogP contribution is 2.19. The Morgan fingerprint density at radius 2 is 1.87 bits per heavy atom. The molecule has 0 radical (unpaired) electrons. The first-order valence-corrected chi connectivity index (χ1v) is 5.78. The molecule has 15 heavy (non-hydrogen) atoms. The van der Waals surface area contributed by atoms with Crippen molar-refractivity contribution < 1.29 is 0 Å². The summed E-state index contributed by atoms with van der Waals surface area (Å²) < 4.78 is 0. The second kappa shape index (κ2) is 5.23. The minimum atomic E-state index is -0.462. The zero-order valence-electron chi connectivity index (χ0n) is 9.87. The molecule has 0 aromatic carbocycles. The Kier molecular flexibility index (Phi) is 4.48. The van der Waals surface area contributed by atoms with Crippen LogP contribution in [-0.4, -0.2) is 48.8 Å². The zero-order chi connectivity index (χ0) is 11.5. The Bertz CT molecular complexity index is 190. The van der Waals surface area contributed by atoms with Gasteiger partial charge < -0.3 is 22.5 Å². The van der Waals surface area contributed by atoms with E-state index >= 15 is 0 Å². The number of hydrogen-bond acceptors (Lipinski definition) is 5. The molecule has 3 unspecified atom stereocenters. The van der Waals surface area contributed by atoms with Gasteiger partial charge in [0.25, 0.3) is 0 Å². The van der Waals surface area contributed by atoms with Crippen molar-refractivity contribution in [2.45, 2.75) is 38.0 Å². The molecule has 1 fully saturated rings. The molecule has 0 aromatic heterocycles. The molecule has 7 N–H and O–H groups in total. The van der Waals surface area contributed by atoms with E-state index in [1.54, 1.807) is 0 Å². The van der Waals surface area contributed by atoms with Crippen molar-refractivity contribution in [1.29, 1.82) is 0 Å². The smallest absolute Gasteiger partial charge is 0.0856 e. The first-order valence-electron chi connectivity index (χ1n) is 5.78. The van der Waals surface area contributed by atoms with Crippen molar-refractivity contribution in [3.63, 3.8) is 0 Å². The summed E-state index contributed by atoms with van der Waals surface area (Å²) in [6.07, 6.45) is 0.829. The van der Waals surface area contributed by atoms with Crippen LogP contribution in [0.4, 0.5) is 0 Å². The van der Waals surface area contributed by atoms with Crippen LogP contribution in [0.1, 0.15) is 20.3 Å². The maximum absolute atomic E-state index is 6.41. The molecule has 0 bridgehead atoms. The molecular formula is C10H25N5. The Morgan fingerprint density at radius 1 is 1.33 bits per heavy atom. The average molecular weight is 215 g/mol. The summed E-state index contributed by atoms with van der Waals surface area (Å²) >= 11 is 0. The lowest BCUT2D eigenvalue weighted by Crippen LogP contribution is -2.72. The van der Waals surface area contributed by atoms with Gasteiger partial charge in [0.15, 0.2) is 0 Å². The number of hydrogen-bond donors (Lipinski definition) is 4. The predicted octanol–water partition coefficient (Wildman–Crippen LogP) is -1.37. The summed E-state index contributed by atoms with van der Waals surface area (Å²) in [5, 5.41) is 3.31. The number of piperazine rings is 1. The van der Waals surface area contributed by atoms with Gasteiger partial charge in [-0.3, -0.25) is 4.90 Å². The molecule has 1 aliphatic heterocycles. The molecule has 5 heteroatoms. The fourth-order valence-electron chi connectivity index (χ4n) is 2.21. The molecule has 0 spiro atoms. The third-order valence-electron chi connectivity index (χ3n) is 3.42. The standard InChI is InChI=1S/C10H25N5/c1-3-10(13,9(12)8(2)11)15-6-4-14-5-7-15/h8-9,14H,3-7,11-13H2,1-2H3. The topological polar surface area (TPSA) is 93.3 Å². The Labute approximate surface area is 92.3 Å².